The molecule has 2 heterocycles. The number of likely N-dealkylation sites (tertiary alicyclic amines) is 1. The molecule has 3 aromatic carbocycles. The highest BCUT2D eigenvalue weighted by molar-refractivity contribution is 9.10. The second kappa shape index (κ2) is 10.2. The van der Waals surface area contributed by atoms with Crippen molar-refractivity contribution in [1.29, 1.82) is 0 Å². The van der Waals surface area contributed by atoms with Crippen molar-refractivity contribution in [2.45, 2.75) is 31.0 Å². The van der Waals surface area contributed by atoms with Crippen LogP contribution in [-0.4, -0.2) is 36.3 Å². The third-order valence-electron chi connectivity index (χ3n) is 7.09. The van der Waals surface area contributed by atoms with E-state index >= 15 is 0 Å². The Morgan fingerprint density at radius 2 is 1.97 bits per heavy atom. The van der Waals surface area contributed by atoms with Gasteiger partial charge in [0.05, 0.1) is 5.02 Å². The summed E-state index contributed by atoms with van der Waals surface area (Å²) in [6, 6.07) is 18.6. The summed E-state index contributed by atoms with van der Waals surface area (Å²) < 4.78 is 20.5. The number of ether oxygens (including phenoxy) is 1. The van der Waals surface area contributed by atoms with Crippen LogP contribution in [0.2, 0.25) is 5.02 Å². The van der Waals surface area contributed by atoms with Crippen LogP contribution < -0.4 is 16.0 Å². The van der Waals surface area contributed by atoms with Crippen LogP contribution >= 0.6 is 27.5 Å². The van der Waals surface area contributed by atoms with Crippen molar-refractivity contribution in [2.24, 2.45) is 5.73 Å². The third-order valence-corrected chi connectivity index (χ3v) is 7.87. The van der Waals surface area contributed by atoms with E-state index in [1.165, 1.54) is 28.0 Å². The summed E-state index contributed by atoms with van der Waals surface area (Å²) in [5.41, 5.74) is 8.77. The molecule has 1 spiro atoms. The number of primary amides is 1. The van der Waals surface area contributed by atoms with Crippen LogP contribution in [0.15, 0.2) is 71.2 Å². The first-order chi connectivity index (χ1) is 17.8. The van der Waals surface area contributed by atoms with Gasteiger partial charge in [0.15, 0.2) is 0 Å². The van der Waals surface area contributed by atoms with E-state index in [0.717, 1.165) is 21.3 Å². The van der Waals surface area contributed by atoms with E-state index < -0.39 is 24.1 Å². The Hall–Kier alpha value is -3.30. The minimum Gasteiger partial charge on any atom is -0.444 e. The zero-order chi connectivity index (χ0) is 26.2. The molecule has 5 rings (SSSR count). The van der Waals surface area contributed by atoms with Gasteiger partial charge in [-0.05, 0) is 54.3 Å². The molecule has 0 saturated carbocycles. The number of anilines is 2. The maximum absolute atomic E-state index is 13.9. The van der Waals surface area contributed by atoms with Gasteiger partial charge in [-0.3, -0.25) is 9.80 Å². The first-order valence-electron chi connectivity index (χ1n) is 11.8. The molecule has 192 valence electrons. The van der Waals surface area contributed by atoms with Crippen LogP contribution in [0.5, 0.6) is 0 Å². The SMILES string of the molecule is NC(=O)N(c1ccc(F)c(Cl)c1)C1CC2(CCN1C(=O)OCc1ccccc1)CNc1cc(Br)ccc12. The van der Waals surface area contributed by atoms with E-state index in [2.05, 4.69) is 27.3 Å². The fourth-order valence-corrected chi connectivity index (χ4v) is 5.80. The number of nitrogens with zero attached hydrogens (tertiary/aromatic N) is 2. The molecule has 3 N–H and O–H groups in total. The van der Waals surface area contributed by atoms with E-state index in [1.807, 2.05) is 42.5 Å². The Kier molecular flexibility index (Phi) is 7.00. The Balaban J connectivity index is 1.50. The van der Waals surface area contributed by atoms with Gasteiger partial charge in [0.2, 0.25) is 0 Å². The molecular weight excluding hydrogens is 563 g/mol. The number of halogens is 3. The molecular formula is C27H25BrClFN4O3. The highest BCUT2D eigenvalue weighted by atomic mass is 79.9. The molecule has 2 unspecified atom stereocenters. The Bertz CT molecular complexity index is 1340. The number of rotatable bonds is 4. The molecule has 7 nitrogen and oxygen atoms in total. The van der Waals surface area contributed by atoms with E-state index in [1.54, 1.807) is 0 Å². The van der Waals surface area contributed by atoms with Crippen molar-refractivity contribution in [1.82, 2.24) is 4.90 Å². The average molecular weight is 588 g/mol. The molecule has 37 heavy (non-hydrogen) atoms. The topological polar surface area (TPSA) is 87.9 Å². The summed E-state index contributed by atoms with van der Waals surface area (Å²) in [6.45, 7) is 1.05. The van der Waals surface area contributed by atoms with Gasteiger partial charge in [0, 0.05) is 34.4 Å². The zero-order valence-electron chi connectivity index (χ0n) is 19.8. The van der Waals surface area contributed by atoms with Gasteiger partial charge in [-0.1, -0.05) is 63.9 Å². The van der Waals surface area contributed by atoms with Crippen molar-refractivity contribution in [3.8, 4) is 0 Å². The van der Waals surface area contributed by atoms with Gasteiger partial charge >= 0.3 is 12.1 Å². The molecule has 0 bridgehead atoms. The molecule has 0 radical (unpaired) electrons. The van der Waals surface area contributed by atoms with E-state index in [-0.39, 0.29) is 17.0 Å². The molecule has 0 aliphatic carbocycles. The maximum Gasteiger partial charge on any atom is 0.411 e. The number of urea groups is 1. The summed E-state index contributed by atoms with van der Waals surface area (Å²) in [5, 5.41) is 3.32. The first kappa shape index (κ1) is 25.4. The number of nitrogens with two attached hydrogens (primary N) is 1. The third kappa shape index (κ3) is 4.98. The molecule has 3 aromatic rings. The molecule has 2 atom stereocenters. The number of nitrogens with one attached hydrogen (secondary N) is 1. The first-order valence-corrected chi connectivity index (χ1v) is 13.0. The van der Waals surface area contributed by atoms with Gasteiger partial charge in [-0.2, -0.15) is 0 Å². The molecule has 3 amide bonds. The van der Waals surface area contributed by atoms with E-state index in [0.29, 0.717) is 31.6 Å². The molecule has 2 aliphatic rings. The van der Waals surface area contributed by atoms with Crippen LogP contribution in [-0.2, 0) is 16.8 Å². The predicted octanol–water partition coefficient (Wildman–Crippen LogP) is 6.25. The highest BCUT2D eigenvalue weighted by Gasteiger charge is 2.49. The standard InChI is InChI=1S/C27H25BrClFN4O3/c28-18-6-8-20-23(12-18)32-16-27(20)10-11-33(26(36)37-15-17-4-2-1-3-5-17)24(14-27)34(25(31)35)19-7-9-22(30)21(29)13-19/h1-9,12-13,24,32H,10-11,14-16H2,(H2,31,35). The number of hydrogen-bond acceptors (Lipinski definition) is 4. The minimum atomic E-state index is -0.785. The molecule has 0 aromatic heterocycles. The van der Waals surface area contributed by atoms with Crippen molar-refractivity contribution in [3.05, 3.63) is 93.2 Å². The molecule has 1 fully saturated rings. The fraction of sp³-hybridized carbons (Fsp3) is 0.259. The fourth-order valence-electron chi connectivity index (χ4n) is 5.26. The van der Waals surface area contributed by atoms with Gasteiger partial charge in [-0.15, -0.1) is 0 Å². The molecule has 2 aliphatic heterocycles. The van der Waals surface area contributed by atoms with Crippen molar-refractivity contribution in [2.75, 3.05) is 23.3 Å². The zero-order valence-corrected chi connectivity index (χ0v) is 22.1. The lowest BCUT2D eigenvalue weighted by molar-refractivity contribution is 0.0536. The molecule has 1 saturated heterocycles. The number of carbonyl (C=O) groups excluding carboxylic acids is 2. The van der Waals surface area contributed by atoms with Gasteiger partial charge in [-0.25, -0.2) is 14.0 Å². The second-order valence-electron chi connectivity index (χ2n) is 9.30. The summed E-state index contributed by atoms with van der Waals surface area (Å²) >= 11 is 9.56. The van der Waals surface area contributed by atoms with Crippen LogP contribution in [0.1, 0.15) is 24.0 Å². The van der Waals surface area contributed by atoms with Gasteiger partial charge in [0.25, 0.3) is 0 Å². The number of amides is 3. The maximum atomic E-state index is 13.9. The quantitative estimate of drug-likeness (QED) is 0.378. The lowest BCUT2D eigenvalue weighted by Gasteiger charge is -2.48. The largest absolute Gasteiger partial charge is 0.444 e. The average Bonchev–Trinajstić information content (AvgIpc) is 3.22. The van der Waals surface area contributed by atoms with Crippen molar-refractivity contribution < 1.29 is 18.7 Å². The monoisotopic (exact) mass is 586 g/mol. The summed E-state index contributed by atoms with van der Waals surface area (Å²) in [6.07, 6.45) is -0.299. The number of benzene rings is 3. The Morgan fingerprint density at radius 3 is 2.70 bits per heavy atom. The van der Waals surface area contributed by atoms with E-state index in [4.69, 9.17) is 22.1 Å². The summed E-state index contributed by atoms with van der Waals surface area (Å²) in [7, 11) is 0. The van der Waals surface area contributed by atoms with Crippen LogP contribution in [0.4, 0.5) is 25.4 Å². The van der Waals surface area contributed by atoms with Crippen LogP contribution in [0, 0.1) is 5.82 Å². The van der Waals surface area contributed by atoms with Crippen LogP contribution in [0.25, 0.3) is 0 Å². The molecule has 10 heteroatoms. The highest BCUT2D eigenvalue weighted by Crippen LogP contribution is 2.47. The summed E-state index contributed by atoms with van der Waals surface area (Å²) in [4.78, 5) is 29.0. The number of carbonyl (C=O) groups is 2. The number of fused-ring (bicyclic) bond motifs is 2. The predicted molar refractivity (Wildman–Crippen MR) is 144 cm³/mol. The van der Waals surface area contributed by atoms with E-state index in [9.17, 15) is 14.0 Å². The lowest BCUT2D eigenvalue weighted by atomic mass is 9.73. The van der Waals surface area contributed by atoms with Crippen LogP contribution in [0.3, 0.4) is 0 Å². The minimum absolute atomic E-state index is 0.0887. The van der Waals surface area contributed by atoms with Gasteiger partial charge in [0.1, 0.15) is 18.6 Å². The Labute approximate surface area is 227 Å². The Morgan fingerprint density at radius 1 is 1.19 bits per heavy atom. The van der Waals surface area contributed by atoms with Crippen molar-refractivity contribution in [3.63, 3.8) is 0 Å². The smallest absolute Gasteiger partial charge is 0.411 e. The number of piperidine rings is 1. The normalized spacial score (nSPS) is 20.3. The van der Waals surface area contributed by atoms with Crippen molar-refractivity contribution >= 4 is 51.0 Å². The second-order valence-corrected chi connectivity index (χ2v) is 10.6. The lowest BCUT2D eigenvalue weighted by Crippen LogP contribution is -2.61. The number of hydrogen-bond donors (Lipinski definition) is 2. The van der Waals surface area contributed by atoms with Gasteiger partial charge < -0.3 is 15.8 Å². The summed E-state index contributed by atoms with van der Waals surface area (Å²) in [5.74, 6) is -0.617.